The lowest BCUT2D eigenvalue weighted by Gasteiger charge is -2.25. The van der Waals surface area contributed by atoms with Crippen LogP contribution in [0.25, 0.3) is 49.1 Å². The first kappa shape index (κ1) is 22.7. The normalized spacial score (nSPS) is 12.2. The number of benzene rings is 6. The first-order valence-electron chi connectivity index (χ1n) is 13.1. The third kappa shape index (κ3) is 3.27. The van der Waals surface area contributed by atoms with E-state index in [0.29, 0.717) is 0 Å². The van der Waals surface area contributed by atoms with Gasteiger partial charge < -0.3 is 0 Å². The zero-order valence-corrected chi connectivity index (χ0v) is 22.7. The molecule has 0 aliphatic carbocycles. The van der Waals surface area contributed by atoms with Crippen molar-refractivity contribution < 1.29 is 0 Å². The molecule has 8 rings (SSSR count). The molecule has 2 nitrogen and oxygen atoms in total. The molecule has 0 saturated carbocycles. The van der Waals surface area contributed by atoms with Crippen LogP contribution < -0.4 is 15.9 Å². The van der Waals surface area contributed by atoms with E-state index in [1.807, 2.05) is 0 Å². The summed E-state index contributed by atoms with van der Waals surface area (Å²) in [5.74, 6) is 0. The number of rotatable bonds is 3. The van der Waals surface area contributed by atoms with Gasteiger partial charge in [-0.05, 0) is 57.0 Å². The SMILES string of the molecule is S=P(c1ccccc1)(c1ccccc1)c1ccc2c(c1)c1c3ccccc3ccc1c1nc3ccccc3n21. The monoisotopic (exact) mass is 534 g/mol. The van der Waals surface area contributed by atoms with E-state index in [1.54, 1.807) is 0 Å². The quantitative estimate of drug-likeness (QED) is 0.171. The van der Waals surface area contributed by atoms with Crippen LogP contribution in [0.2, 0.25) is 0 Å². The summed E-state index contributed by atoms with van der Waals surface area (Å²) < 4.78 is 2.32. The fourth-order valence-corrected chi connectivity index (χ4v) is 9.78. The molecule has 0 N–H and O–H groups in total. The number of hydrogen-bond donors (Lipinski definition) is 0. The van der Waals surface area contributed by atoms with Crippen molar-refractivity contribution in [3.8, 4) is 0 Å². The summed E-state index contributed by atoms with van der Waals surface area (Å²) in [4.78, 5) is 5.12. The fraction of sp³-hybridized carbons (Fsp3) is 0. The Kier molecular flexibility index (Phi) is 5.00. The van der Waals surface area contributed by atoms with Gasteiger partial charge in [0, 0.05) is 22.2 Å². The Balaban J connectivity index is 1.58. The van der Waals surface area contributed by atoms with E-state index in [-0.39, 0.29) is 0 Å². The van der Waals surface area contributed by atoms with E-state index in [0.717, 1.165) is 27.6 Å². The molecular formula is C35H23N2PS. The molecule has 0 aliphatic heterocycles. The molecule has 0 bridgehead atoms. The topological polar surface area (TPSA) is 17.3 Å². The minimum absolute atomic E-state index is 0.989. The number of nitrogens with zero attached hydrogens (tertiary/aromatic N) is 2. The summed E-state index contributed by atoms with van der Waals surface area (Å²) in [6.07, 6.45) is 0. The predicted octanol–water partition coefficient (Wildman–Crippen LogP) is 7.70. The first-order chi connectivity index (χ1) is 19.2. The molecule has 0 aliphatic rings. The maximum absolute atomic E-state index is 6.73. The second kappa shape index (κ2) is 8.61. The van der Waals surface area contributed by atoms with Gasteiger partial charge in [0.1, 0.15) is 5.65 Å². The Morgan fingerprint density at radius 1 is 0.513 bits per heavy atom. The maximum Gasteiger partial charge on any atom is 0.146 e. The Morgan fingerprint density at radius 3 is 1.95 bits per heavy atom. The van der Waals surface area contributed by atoms with Gasteiger partial charge in [-0.2, -0.15) is 0 Å². The lowest BCUT2D eigenvalue weighted by atomic mass is 9.99. The zero-order valence-electron chi connectivity index (χ0n) is 21.0. The lowest BCUT2D eigenvalue weighted by molar-refractivity contribution is 1.32. The van der Waals surface area contributed by atoms with Crippen LogP contribution >= 0.6 is 6.04 Å². The molecule has 4 heteroatoms. The molecule has 0 radical (unpaired) electrons. The van der Waals surface area contributed by atoms with Gasteiger partial charge in [-0.15, -0.1) is 0 Å². The van der Waals surface area contributed by atoms with Gasteiger partial charge in [0.05, 0.1) is 16.6 Å². The summed E-state index contributed by atoms with van der Waals surface area (Å²) in [6.45, 7) is 0. The van der Waals surface area contributed by atoms with E-state index in [4.69, 9.17) is 16.8 Å². The van der Waals surface area contributed by atoms with Gasteiger partial charge in [-0.25, -0.2) is 4.98 Å². The summed E-state index contributed by atoms with van der Waals surface area (Å²) in [5.41, 5.74) is 4.25. The molecule has 2 aromatic heterocycles. The number of para-hydroxylation sites is 2. The largest absolute Gasteiger partial charge is 0.292 e. The fourth-order valence-electron chi connectivity index (χ4n) is 6.04. The molecule has 39 heavy (non-hydrogen) atoms. The summed E-state index contributed by atoms with van der Waals surface area (Å²) in [5, 5.41) is 9.65. The van der Waals surface area contributed by atoms with Crippen LogP contribution in [0.4, 0.5) is 0 Å². The van der Waals surface area contributed by atoms with Crippen molar-refractivity contribution in [2.45, 2.75) is 0 Å². The van der Waals surface area contributed by atoms with Crippen molar-refractivity contribution in [2.75, 3.05) is 0 Å². The molecule has 0 spiro atoms. The first-order valence-corrected chi connectivity index (χ1v) is 15.9. The number of hydrogen-bond acceptors (Lipinski definition) is 2. The van der Waals surface area contributed by atoms with E-state index in [9.17, 15) is 0 Å². The Hall–Kier alpha value is -4.30. The number of fused-ring (bicyclic) bond motifs is 10. The van der Waals surface area contributed by atoms with Crippen LogP contribution in [0.1, 0.15) is 0 Å². The van der Waals surface area contributed by atoms with Crippen LogP contribution in [0.3, 0.4) is 0 Å². The third-order valence-corrected chi connectivity index (χ3v) is 12.8. The standard InChI is InChI=1S/C35H23N2PS/c39-38(25-12-3-1-4-13-25,26-14-5-2-6-15-26)27-20-22-32-30(23-27)34-28-16-8-7-11-24(28)19-21-29(34)35-36-31-17-9-10-18-33(31)37(32)35/h1-23H. The van der Waals surface area contributed by atoms with Gasteiger partial charge in [0.2, 0.25) is 0 Å². The van der Waals surface area contributed by atoms with Crippen molar-refractivity contribution in [1.82, 2.24) is 9.38 Å². The molecule has 184 valence electrons. The highest BCUT2D eigenvalue weighted by molar-refractivity contribution is 8.25. The Bertz CT molecular complexity index is 2210. The highest BCUT2D eigenvalue weighted by atomic mass is 32.4. The minimum atomic E-state index is -2.30. The molecule has 0 atom stereocenters. The van der Waals surface area contributed by atoms with Gasteiger partial charge in [0.25, 0.3) is 0 Å². The summed E-state index contributed by atoms with van der Waals surface area (Å²) in [6, 6.07) is 47.4. The average Bonchev–Trinajstić information content (AvgIpc) is 3.41. The maximum atomic E-state index is 6.73. The van der Waals surface area contributed by atoms with E-state index in [2.05, 4.69) is 144 Å². The van der Waals surface area contributed by atoms with E-state index in [1.165, 1.54) is 37.5 Å². The van der Waals surface area contributed by atoms with Crippen molar-refractivity contribution >= 4 is 82.9 Å². The molecule has 0 fully saturated rings. The van der Waals surface area contributed by atoms with Crippen molar-refractivity contribution in [2.24, 2.45) is 0 Å². The molecule has 8 aromatic rings. The average molecular weight is 535 g/mol. The Morgan fingerprint density at radius 2 is 1.18 bits per heavy atom. The van der Waals surface area contributed by atoms with Gasteiger partial charge in [-0.1, -0.05) is 121 Å². The van der Waals surface area contributed by atoms with Crippen LogP contribution in [-0.4, -0.2) is 9.38 Å². The number of imidazole rings is 1. The second-order valence-corrected chi connectivity index (χ2v) is 14.4. The molecule has 0 unspecified atom stereocenters. The van der Waals surface area contributed by atoms with Crippen LogP contribution in [0.5, 0.6) is 0 Å². The van der Waals surface area contributed by atoms with E-state index >= 15 is 0 Å². The number of aromatic nitrogens is 2. The van der Waals surface area contributed by atoms with Crippen molar-refractivity contribution in [1.29, 1.82) is 0 Å². The predicted molar refractivity (Wildman–Crippen MR) is 171 cm³/mol. The van der Waals surface area contributed by atoms with E-state index < -0.39 is 6.04 Å². The van der Waals surface area contributed by atoms with Crippen LogP contribution in [-0.2, 0) is 11.8 Å². The lowest BCUT2D eigenvalue weighted by Crippen LogP contribution is -2.24. The molecule has 0 saturated heterocycles. The van der Waals surface area contributed by atoms with Gasteiger partial charge >= 0.3 is 0 Å². The van der Waals surface area contributed by atoms with Gasteiger partial charge in [0.15, 0.2) is 0 Å². The third-order valence-electron chi connectivity index (χ3n) is 7.82. The molecule has 6 aromatic carbocycles. The van der Waals surface area contributed by atoms with Crippen molar-refractivity contribution in [3.63, 3.8) is 0 Å². The number of pyridine rings is 1. The Labute approximate surface area is 231 Å². The van der Waals surface area contributed by atoms with Crippen LogP contribution in [0, 0.1) is 0 Å². The molecule has 0 amide bonds. The smallest absolute Gasteiger partial charge is 0.146 e. The summed E-state index contributed by atoms with van der Waals surface area (Å²) in [7, 11) is 0. The highest BCUT2D eigenvalue weighted by Gasteiger charge is 2.26. The second-order valence-electron chi connectivity index (χ2n) is 9.95. The minimum Gasteiger partial charge on any atom is -0.292 e. The van der Waals surface area contributed by atoms with Gasteiger partial charge in [-0.3, -0.25) is 4.40 Å². The highest BCUT2D eigenvalue weighted by Crippen LogP contribution is 2.44. The zero-order chi connectivity index (χ0) is 26.0. The van der Waals surface area contributed by atoms with Crippen molar-refractivity contribution in [3.05, 3.63) is 140 Å². The molecular weight excluding hydrogens is 511 g/mol. The molecule has 2 heterocycles. The summed E-state index contributed by atoms with van der Waals surface area (Å²) >= 11 is 6.73. The van der Waals surface area contributed by atoms with Crippen LogP contribution in [0.15, 0.2) is 140 Å².